The molecule has 2 aromatic heterocycles. The van der Waals surface area contributed by atoms with Crippen LogP contribution >= 0.6 is 11.3 Å². The van der Waals surface area contributed by atoms with Crippen molar-refractivity contribution in [3.63, 3.8) is 0 Å². The van der Waals surface area contributed by atoms with Crippen molar-refractivity contribution in [3.8, 4) is 0 Å². The largest absolute Gasteiger partial charge is 0.311 e. The van der Waals surface area contributed by atoms with Crippen LogP contribution in [0.5, 0.6) is 0 Å². The summed E-state index contributed by atoms with van der Waals surface area (Å²) in [6.07, 6.45) is 5.13. The van der Waals surface area contributed by atoms with Gasteiger partial charge in [-0.25, -0.2) is 0 Å². The van der Waals surface area contributed by atoms with Gasteiger partial charge in [0, 0.05) is 16.7 Å². The zero-order valence-electron chi connectivity index (χ0n) is 13.6. The van der Waals surface area contributed by atoms with E-state index in [1.807, 2.05) is 11.3 Å². The summed E-state index contributed by atoms with van der Waals surface area (Å²) >= 11 is 1.83. The molecule has 23 heavy (non-hydrogen) atoms. The smallest absolute Gasteiger partial charge is 0.143 e. The van der Waals surface area contributed by atoms with E-state index in [1.165, 1.54) is 47.2 Å². The molecule has 0 unspecified atom stereocenters. The van der Waals surface area contributed by atoms with Gasteiger partial charge in [-0.05, 0) is 61.9 Å². The fourth-order valence-corrected chi connectivity index (χ4v) is 4.75. The SMILES string of the molecule is CC(C)(c1csc2ccccc12)c1nnc(C2CC2)n1C1CC1. The van der Waals surface area contributed by atoms with Crippen LogP contribution in [0.1, 0.15) is 68.7 Å². The number of fused-ring (bicyclic) bond motifs is 1. The summed E-state index contributed by atoms with van der Waals surface area (Å²) in [4.78, 5) is 0. The maximum absolute atomic E-state index is 4.69. The molecule has 0 aliphatic heterocycles. The van der Waals surface area contributed by atoms with Crippen molar-refractivity contribution in [2.24, 2.45) is 0 Å². The zero-order chi connectivity index (χ0) is 15.6. The molecule has 118 valence electrons. The lowest BCUT2D eigenvalue weighted by Gasteiger charge is -2.25. The average molecular weight is 323 g/mol. The highest BCUT2D eigenvalue weighted by molar-refractivity contribution is 7.17. The molecule has 2 aliphatic carbocycles. The third-order valence-electron chi connectivity index (χ3n) is 5.29. The summed E-state index contributed by atoms with van der Waals surface area (Å²) in [6, 6.07) is 9.34. The van der Waals surface area contributed by atoms with Gasteiger partial charge in [0.05, 0.1) is 5.41 Å². The van der Waals surface area contributed by atoms with E-state index in [0.717, 1.165) is 5.82 Å². The van der Waals surface area contributed by atoms with Gasteiger partial charge in [-0.1, -0.05) is 18.2 Å². The van der Waals surface area contributed by atoms with Gasteiger partial charge in [-0.3, -0.25) is 0 Å². The first-order chi connectivity index (χ1) is 11.2. The molecule has 2 heterocycles. The van der Waals surface area contributed by atoms with Crippen molar-refractivity contribution >= 4 is 21.4 Å². The van der Waals surface area contributed by atoms with E-state index in [1.54, 1.807) is 0 Å². The molecule has 0 amide bonds. The van der Waals surface area contributed by atoms with E-state index in [-0.39, 0.29) is 5.41 Å². The summed E-state index contributed by atoms with van der Waals surface area (Å²) in [7, 11) is 0. The van der Waals surface area contributed by atoms with Crippen LogP contribution in [0, 0.1) is 0 Å². The van der Waals surface area contributed by atoms with E-state index in [9.17, 15) is 0 Å². The van der Waals surface area contributed by atoms with Crippen molar-refractivity contribution < 1.29 is 0 Å². The van der Waals surface area contributed by atoms with Crippen LogP contribution in [0.3, 0.4) is 0 Å². The van der Waals surface area contributed by atoms with Crippen molar-refractivity contribution in [3.05, 3.63) is 46.9 Å². The molecular weight excluding hydrogens is 302 g/mol. The van der Waals surface area contributed by atoms with Crippen molar-refractivity contribution in [1.82, 2.24) is 14.8 Å². The second-order valence-corrected chi connectivity index (χ2v) is 8.44. The lowest BCUT2D eigenvalue weighted by Crippen LogP contribution is -2.24. The Hall–Kier alpha value is -1.68. The van der Waals surface area contributed by atoms with Gasteiger partial charge in [0.2, 0.25) is 0 Å². The van der Waals surface area contributed by atoms with Gasteiger partial charge < -0.3 is 4.57 Å². The predicted molar refractivity (Wildman–Crippen MR) is 94.2 cm³/mol. The predicted octanol–water partition coefficient (Wildman–Crippen LogP) is 5.03. The Morgan fingerprint density at radius 2 is 1.87 bits per heavy atom. The third kappa shape index (κ3) is 2.08. The maximum Gasteiger partial charge on any atom is 0.143 e. The van der Waals surface area contributed by atoms with Crippen LogP contribution < -0.4 is 0 Å². The molecule has 2 saturated carbocycles. The second kappa shape index (κ2) is 4.67. The molecule has 0 spiro atoms. The van der Waals surface area contributed by atoms with Gasteiger partial charge in [0.15, 0.2) is 0 Å². The second-order valence-electron chi connectivity index (χ2n) is 7.53. The normalized spacial score (nSPS) is 18.7. The van der Waals surface area contributed by atoms with Gasteiger partial charge >= 0.3 is 0 Å². The number of hydrogen-bond donors (Lipinski definition) is 0. The lowest BCUT2D eigenvalue weighted by atomic mass is 9.83. The standard InChI is InChI=1S/C19H21N3S/c1-19(2,15-11-23-16-6-4-3-5-14(15)16)18-21-20-17(12-7-8-12)22(18)13-9-10-13/h3-6,11-13H,7-10H2,1-2H3. The lowest BCUT2D eigenvalue weighted by molar-refractivity contribution is 0.530. The number of benzene rings is 1. The van der Waals surface area contributed by atoms with Crippen LogP contribution in [0.4, 0.5) is 0 Å². The van der Waals surface area contributed by atoms with Gasteiger partial charge in [-0.15, -0.1) is 21.5 Å². The molecule has 2 fully saturated rings. The van der Waals surface area contributed by atoms with E-state index in [4.69, 9.17) is 5.10 Å². The third-order valence-corrected chi connectivity index (χ3v) is 6.25. The molecule has 0 N–H and O–H groups in total. The number of nitrogens with zero attached hydrogens (tertiary/aromatic N) is 3. The van der Waals surface area contributed by atoms with E-state index in [0.29, 0.717) is 12.0 Å². The quantitative estimate of drug-likeness (QED) is 0.674. The maximum atomic E-state index is 4.69. The minimum absolute atomic E-state index is 0.109. The highest BCUT2D eigenvalue weighted by atomic mass is 32.1. The minimum atomic E-state index is -0.109. The topological polar surface area (TPSA) is 30.7 Å². The van der Waals surface area contributed by atoms with E-state index in [2.05, 4.69) is 53.2 Å². The van der Waals surface area contributed by atoms with Crippen molar-refractivity contribution in [2.75, 3.05) is 0 Å². The van der Waals surface area contributed by atoms with Crippen molar-refractivity contribution in [1.29, 1.82) is 0 Å². The summed E-state index contributed by atoms with van der Waals surface area (Å²) in [5.74, 6) is 3.06. The summed E-state index contributed by atoms with van der Waals surface area (Å²) in [5, 5.41) is 13.0. The summed E-state index contributed by atoms with van der Waals surface area (Å²) in [6.45, 7) is 4.61. The summed E-state index contributed by atoms with van der Waals surface area (Å²) < 4.78 is 3.85. The highest BCUT2D eigenvalue weighted by Gasteiger charge is 2.41. The van der Waals surface area contributed by atoms with Crippen LogP contribution in [-0.2, 0) is 5.41 Å². The molecule has 4 heteroatoms. The van der Waals surface area contributed by atoms with E-state index >= 15 is 0 Å². The number of aromatic nitrogens is 3. The number of thiophene rings is 1. The Labute approximate surface area is 140 Å². The first-order valence-corrected chi connectivity index (χ1v) is 9.46. The fraction of sp³-hybridized carbons (Fsp3) is 0.474. The molecule has 0 radical (unpaired) electrons. The zero-order valence-corrected chi connectivity index (χ0v) is 14.4. The molecule has 0 saturated heterocycles. The molecule has 0 bridgehead atoms. The van der Waals surface area contributed by atoms with Crippen molar-refractivity contribution in [2.45, 2.75) is 56.9 Å². The minimum Gasteiger partial charge on any atom is -0.311 e. The first kappa shape index (κ1) is 13.7. The van der Waals surface area contributed by atoms with Crippen LogP contribution in [0.2, 0.25) is 0 Å². The van der Waals surface area contributed by atoms with Gasteiger partial charge in [-0.2, -0.15) is 0 Å². The Morgan fingerprint density at radius 1 is 1.09 bits per heavy atom. The van der Waals surface area contributed by atoms with Gasteiger partial charge in [0.1, 0.15) is 11.6 Å². The highest BCUT2D eigenvalue weighted by Crippen LogP contribution is 2.48. The molecule has 1 aromatic carbocycles. The Balaban J connectivity index is 1.68. The first-order valence-electron chi connectivity index (χ1n) is 8.58. The van der Waals surface area contributed by atoms with Crippen LogP contribution in [0.15, 0.2) is 29.6 Å². The summed E-state index contributed by atoms with van der Waals surface area (Å²) in [5.41, 5.74) is 1.28. The molecule has 3 aromatic rings. The van der Waals surface area contributed by atoms with Gasteiger partial charge in [0.25, 0.3) is 0 Å². The Morgan fingerprint density at radius 3 is 2.61 bits per heavy atom. The number of rotatable bonds is 4. The van der Waals surface area contributed by atoms with Crippen LogP contribution in [0.25, 0.3) is 10.1 Å². The molecule has 5 rings (SSSR count). The molecule has 0 atom stereocenters. The monoisotopic (exact) mass is 323 g/mol. The Kier molecular flexibility index (Phi) is 2.79. The number of hydrogen-bond acceptors (Lipinski definition) is 3. The Bertz CT molecular complexity index is 881. The fourth-order valence-electron chi connectivity index (χ4n) is 3.62. The molecule has 3 nitrogen and oxygen atoms in total. The van der Waals surface area contributed by atoms with Crippen LogP contribution in [-0.4, -0.2) is 14.8 Å². The van der Waals surface area contributed by atoms with E-state index < -0.39 is 0 Å². The average Bonchev–Trinajstić information content (AvgIpc) is 3.48. The molecular formula is C19H21N3S. The molecule has 2 aliphatic rings.